The lowest BCUT2D eigenvalue weighted by Crippen LogP contribution is -2.25. The van der Waals surface area contributed by atoms with Gasteiger partial charge in [-0.25, -0.2) is 14.4 Å². The molecule has 0 aliphatic rings. The van der Waals surface area contributed by atoms with Crippen LogP contribution in [0.2, 0.25) is 0 Å². The number of ether oxygens (including phenoxy) is 8. The summed E-state index contributed by atoms with van der Waals surface area (Å²) in [5, 5.41) is 107. The molecule has 0 amide bonds. The SMILES string of the molecule is COCC(O)COc1ccc(C(=O)c2ccc(OCC(O)COC(=O)c3cc(O)c(O)c(O)c3)cc2)cc1.Cc1cc(C(=O)OCC(O)COc2ccc(C(=O)c3ccc(OCC(O)COC(=O)c4cc(O)c(O)c(O)c4)cc3)cc2)cc(O)c1C. The second kappa shape index (κ2) is 31.0. The van der Waals surface area contributed by atoms with Crippen molar-refractivity contribution in [1.29, 1.82) is 0 Å². The zero-order chi connectivity index (χ0) is 62.6. The second-order valence-electron chi connectivity index (χ2n) is 19.0. The Hall–Kier alpha value is -10.1. The van der Waals surface area contributed by atoms with E-state index in [0.717, 1.165) is 29.8 Å². The number of phenols is 7. The molecule has 0 saturated carbocycles. The van der Waals surface area contributed by atoms with Crippen LogP contribution in [-0.4, -0.2) is 170 Å². The molecular weight excluding hydrogens is 1130 g/mol. The highest BCUT2D eigenvalue weighted by atomic mass is 16.6. The van der Waals surface area contributed by atoms with Crippen LogP contribution in [0.3, 0.4) is 0 Å². The summed E-state index contributed by atoms with van der Waals surface area (Å²) < 4.78 is 41.8. The van der Waals surface area contributed by atoms with E-state index in [0.29, 0.717) is 50.8 Å². The van der Waals surface area contributed by atoms with Gasteiger partial charge in [-0.3, -0.25) is 9.59 Å². The lowest BCUT2D eigenvalue weighted by atomic mass is 10.0. The van der Waals surface area contributed by atoms with E-state index in [1.165, 1.54) is 37.4 Å². The van der Waals surface area contributed by atoms with Crippen LogP contribution in [0.4, 0.5) is 0 Å². The Labute approximate surface area is 491 Å². The maximum Gasteiger partial charge on any atom is 0.338 e. The Bertz CT molecular complexity index is 3240. The van der Waals surface area contributed by atoms with Gasteiger partial charge in [-0.05, 0) is 158 Å². The quantitative estimate of drug-likeness (QED) is 0.0130. The van der Waals surface area contributed by atoms with Crippen molar-refractivity contribution in [3.63, 3.8) is 0 Å². The molecule has 7 rings (SSSR count). The number of aliphatic hydroxyl groups is 4. The van der Waals surface area contributed by atoms with Crippen LogP contribution in [0.25, 0.3) is 0 Å². The number of carbonyl (C=O) groups is 5. The molecule has 454 valence electrons. The van der Waals surface area contributed by atoms with Crippen LogP contribution in [0.1, 0.15) is 74.0 Å². The third-order valence-electron chi connectivity index (χ3n) is 12.3. The molecule has 24 nitrogen and oxygen atoms in total. The third-order valence-corrected chi connectivity index (χ3v) is 12.3. The highest BCUT2D eigenvalue weighted by Gasteiger charge is 2.21. The number of aliphatic hydroxyl groups excluding tert-OH is 4. The number of methoxy groups -OCH3 is 1. The maximum absolute atomic E-state index is 12.9. The van der Waals surface area contributed by atoms with Gasteiger partial charge in [-0.2, -0.15) is 0 Å². The lowest BCUT2D eigenvalue weighted by molar-refractivity contribution is 0.0127. The number of hydrogen-bond acceptors (Lipinski definition) is 24. The summed E-state index contributed by atoms with van der Waals surface area (Å²) in [6.07, 6.45) is -4.28. The fourth-order valence-corrected chi connectivity index (χ4v) is 7.47. The van der Waals surface area contributed by atoms with Gasteiger partial charge < -0.3 is 94.1 Å². The minimum absolute atomic E-state index is 0.0221. The van der Waals surface area contributed by atoms with E-state index in [2.05, 4.69) is 0 Å². The van der Waals surface area contributed by atoms with Gasteiger partial charge in [0, 0.05) is 29.4 Å². The minimum Gasteiger partial charge on any atom is -0.508 e. The molecule has 0 aliphatic carbocycles. The van der Waals surface area contributed by atoms with E-state index in [-0.39, 0.29) is 73.6 Å². The smallest absolute Gasteiger partial charge is 0.338 e. The summed E-state index contributed by atoms with van der Waals surface area (Å²) in [6, 6.07) is 31.6. The van der Waals surface area contributed by atoms with Crippen molar-refractivity contribution in [3.05, 3.63) is 184 Å². The fraction of sp³-hybridized carbons (Fsp3) is 0.242. The third kappa shape index (κ3) is 19.0. The van der Waals surface area contributed by atoms with Crippen molar-refractivity contribution in [2.24, 2.45) is 0 Å². The molecule has 4 atom stereocenters. The van der Waals surface area contributed by atoms with Crippen molar-refractivity contribution in [3.8, 4) is 63.2 Å². The van der Waals surface area contributed by atoms with E-state index in [1.54, 1.807) is 92.7 Å². The number of benzene rings is 7. The summed E-state index contributed by atoms with van der Waals surface area (Å²) in [7, 11) is 1.48. The molecule has 86 heavy (non-hydrogen) atoms. The molecule has 24 heteroatoms. The number of hydrogen-bond donors (Lipinski definition) is 11. The predicted molar refractivity (Wildman–Crippen MR) is 302 cm³/mol. The Morgan fingerprint density at radius 3 is 0.837 bits per heavy atom. The number of rotatable bonds is 27. The van der Waals surface area contributed by atoms with Crippen LogP contribution >= 0.6 is 0 Å². The topological polar surface area (TPSA) is 382 Å². The zero-order valence-corrected chi connectivity index (χ0v) is 46.4. The van der Waals surface area contributed by atoms with Crippen LogP contribution < -0.4 is 18.9 Å². The minimum atomic E-state index is -1.22. The molecule has 7 aromatic rings. The van der Waals surface area contributed by atoms with E-state index in [9.17, 15) is 80.1 Å². The Kier molecular flexibility index (Phi) is 23.4. The molecule has 0 spiro atoms. The van der Waals surface area contributed by atoms with Crippen molar-refractivity contribution in [1.82, 2.24) is 0 Å². The molecule has 0 heterocycles. The number of aromatic hydroxyl groups is 7. The number of carbonyl (C=O) groups excluding carboxylic acids is 5. The number of aryl methyl sites for hydroxylation is 1. The average molecular weight is 1190 g/mol. The first-order chi connectivity index (χ1) is 41.0. The maximum atomic E-state index is 12.9. The Morgan fingerprint density at radius 1 is 0.337 bits per heavy atom. The lowest BCUT2D eigenvalue weighted by Gasteiger charge is -2.14. The highest BCUT2D eigenvalue weighted by molar-refractivity contribution is 6.09. The van der Waals surface area contributed by atoms with Gasteiger partial charge in [-0.1, -0.05) is 0 Å². The Morgan fingerprint density at radius 2 is 0.581 bits per heavy atom. The first kappa shape index (κ1) is 65.0. The van der Waals surface area contributed by atoms with Gasteiger partial charge in [-0.15, -0.1) is 0 Å². The summed E-state index contributed by atoms with van der Waals surface area (Å²) in [5.74, 6) is -5.84. The van der Waals surface area contributed by atoms with E-state index in [1.807, 2.05) is 0 Å². The first-order valence-corrected chi connectivity index (χ1v) is 26.0. The molecule has 0 radical (unpaired) electrons. The first-order valence-electron chi connectivity index (χ1n) is 26.0. The monoisotopic (exact) mass is 1190 g/mol. The summed E-state index contributed by atoms with van der Waals surface area (Å²) in [4.78, 5) is 62.1. The van der Waals surface area contributed by atoms with Gasteiger partial charge >= 0.3 is 17.9 Å². The molecular formula is C62H62O24. The van der Waals surface area contributed by atoms with Gasteiger partial charge in [0.1, 0.15) is 99.4 Å². The molecule has 0 saturated heterocycles. The van der Waals surface area contributed by atoms with Crippen molar-refractivity contribution in [2.45, 2.75) is 38.3 Å². The Balaban J connectivity index is 0.000000283. The van der Waals surface area contributed by atoms with Gasteiger partial charge in [0.2, 0.25) is 0 Å². The normalized spacial score (nSPS) is 12.2. The average Bonchev–Trinajstić information content (AvgIpc) is 3.29. The van der Waals surface area contributed by atoms with Crippen molar-refractivity contribution >= 4 is 29.5 Å². The molecule has 11 N–H and O–H groups in total. The zero-order valence-electron chi connectivity index (χ0n) is 46.4. The van der Waals surface area contributed by atoms with Crippen LogP contribution in [-0.2, 0) is 18.9 Å². The predicted octanol–water partition coefficient (Wildman–Crippen LogP) is 5.57. The van der Waals surface area contributed by atoms with E-state index in [4.69, 9.17) is 37.9 Å². The standard InChI is InChI=1S/C35H34O13.C27H28O11/c1-19-11-23(12-29(38)20(19)2)34(43)47-17-25(36)15-45-27-7-3-21(4-8-27)32(41)22-5-9-28(10-6-22)46-16-26(37)18-48-35(44)24-13-30(39)33(42)31(40)14-24;1-35-12-19(28)13-36-21-6-2-16(3-7-21)25(32)17-4-8-22(9-5-17)37-14-20(29)15-38-27(34)18-10-23(30)26(33)24(31)11-18/h3-14,25-26,36-40,42H,15-18H2,1-2H3;2-11,19-20,28-31,33H,12-15H2,1H3. The van der Waals surface area contributed by atoms with E-state index >= 15 is 0 Å². The number of phenolic OH excluding ortho intramolecular Hbond substituents is 7. The molecule has 0 aliphatic heterocycles. The summed E-state index contributed by atoms with van der Waals surface area (Å²) in [6.45, 7) is 1.86. The van der Waals surface area contributed by atoms with Crippen LogP contribution in [0.15, 0.2) is 133 Å². The molecule has 7 aromatic carbocycles. The van der Waals surface area contributed by atoms with E-state index < -0.39 is 90.0 Å². The van der Waals surface area contributed by atoms with Gasteiger partial charge in [0.05, 0.1) is 23.3 Å². The van der Waals surface area contributed by atoms with Crippen LogP contribution in [0.5, 0.6) is 63.2 Å². The van der Waals surface area contributed by atoms with Gasteiger partial charge in [0.25, 0.3) is 0 Å². The summed E-state index contributed by atoms with van der Waals surface area (Å²) >= 11 is 0. The largest absolute Gasteiger partial charge is 0.508 e. The van der Waals surface area contributed by atoms with Gasteiger partial charge in [0.15, 0.2) is 46.1 Å². The summed E-state index contributed by atoms with van der Waals surface area (Å²) in [5.41, 5.74) is 2.69. The molecule has 0 fully saturated rings. The van der Waals surface area contributed by atoms with Crippen LogP contribution in [0, 0.1) is 13.8 Å². The second-order valence-corrected chi connectivity index (χ2v) is 19.0. The molecule has 0 aromatic heterocycles. The number of esters is 3. The molecule has 0 bridgehead atoms. The fourth-order valence-electron chi connectivity index (χ4n) is 7.47. The van der Waals surface area contributed by atoms with Crippen molar-refractivity contribution < 1.29 is 118 Å². The number of ketones is 2. The van der Waals surface area contributed by atoms with Crippen molar-refractivity contribution in [2.75, 3.05) is 60.0 Å². The molecule has 4 unspecified atom stereocenters. The highest BCUT2D eigenvalue weighted by Crippen LogP contribution is 2.37.